The van der Waals surface area contributed by atoms with Gasteiger partial charge in [-0.3, -0.25) is 14.6 Å². The van der Waals surface area contributed by atoms with Gasteiger partial charge in [-0.05, 0) is 54.7 Å². The highest BCUT2D eigenvalue weighted by Gasteiger charge is 2.30. The van der Waals surface area contributed by atoms with Crippen LogP contribution in [-0.2, 0) is 22.5 Å². The first-order valence-corrected chi connectivity index (χ1v) is 8.94. The van der Waals surface area contributed by atoms with Gasteiger partial charge < -0.3 is 15.0 Å². The molecule has 2 aromatic rings. The summed E-state index contributed by atoms with van der Waals surface area (Å²) in [7, 11) is 0. The number of hydrogen-bond acceptors (Lipinski definition) is 4. The molecule has 6 nitrogen and oxygen atoms in total. The third-order valence-corrected chi connectivity index (χ3v) is 4.94. The van der Waals surface area contributed by atoms with Gasteiger partial charge in [-0.15, -0.1) is 0 Å². The Hall–Kier alpha value is -2.73. The molecule has 1 N–H and O–H groups in total. The van der Waals surface area contributed by atoms with Gasteiger partial charge in [0.25, 0.3) is 11.8 Å². The molecule has 1 aromatic heterocycles. The normalized spacial score (nSPS) is 19.1. The van der Waals surface area contributed by atoms with E-state index in [9.17, 15) is 9.59 Å². The van der Waals surface area contributed by atoms with Crippen molar-refractivity contribution < 1.29 is 14.3 Å². The summed E-state index contributed by atoms with van der Waals surface area (Å²) >= 11 is 0. The second-order valence-electron chi connectivity index (χ2n) is 6.68. The second kappa shape index (κ2) is 7.25. The van der Waals surface area contributed by atoms with Gasteiger partial charge in [0.15, 0.2) is 0 Å². The van der Waals surface area contributed by atoms with Crippen LogP contribution in [0.3, 0.4) is 0 Å². The lowest BCUT2D eigenvalue weighted by Crippen LogP contribution is -2.41. The Kier molecular flexibility index (Phi) is 4.67. The van der Waals surface area contributed by atoms with Gasteiger partial charge in [-0.25, -0.2) is 0 Å². The monoisotopic (exact) mass is 351 g/mol. The molecule has 1 fully saturated rings. The molecule has 6 heteroatoms. The summed E-state index contributed by atoms with van der Waals surface area (Å²) in [4.78, 5) is 30.7. The number of pyridine rings is 1. The van der Waals surface area contributed by atoms with Crippen LogP contribution in [0.25, 0.3) is 0 Å². The van der Waals surface area contributed by atoms with E-state index < -0.39 is 0 Å². The predicted octanol–water partition coefficient (Wildman–Crippen LogP) is 2.40. The molecule has 0 radical (unpaired) electrons. The van der Waals surface area contributed by atoms with Crippen LogP contribution in [-0.4, -0.2) is 41.0 Å². The number of ether oxygens (including phenoxy) is 1. The molecule has 1 aromatic carbocycles. The first-order valence-electron chi connectivity index (χ1n) is 8.94. The summed E-state index contributed by atoms with van der Waals surface area (Å²) < 4.78 is 5.53. The van der Waals surface area contributed by atoms with E-state index in [-0.39, 0.29) is 17.9 Å². The number of rotatable bonds is 3. The zero-order valence-electron chi connectivity index (χ0n) is 14.5. The smallest absolute Gasteiger partial charge is 0.255 e. The molecule has 0 saturated carbocycles. The van der Waals surface area contributed by atoms with Gasteiger partial charge in [0.1, 0.15) is 6.10 Å². The lowest BCUT2D eigenvalue weighted by atomic mass is 9.98. The molecule has 0 spiro atoms. The SMILES string of the molecule is O=C(Nc1ccc2c(c1)CN(C(=O)[C@@H]1CCCO1)CC2)c1ccncc1. The minimum absolute atomic E-state index is 0.0828. The molecule has 2 aliphatic heterocycles. The Labute approximate surface area is 152 Å². The number of carbonyl (C=O) groups excluding carboxylic acids is 2. The summed E-state index contributed by atoms with van der Waals surface area (Å²) in [6.45, 7) is 1.95. The minimum Gasteiger partial charge on any atom is -0.368 e. The first-order chi connectivity index (χ1) is 12.7. The van der Waals surface area contributed by atoms with Gasteiger partial charge in [-0.1, -0.05) is 6.07 Å². The van der Waals surface area contributed by atoms with E-state index in [2.05, 4.69) is 10.3 Å². The lowest BCUT2D eigenvalue weighted by Gasteiger charge is -2.31. The molecular formula is C20H21N3O3. The first kappa shape index (κ1) is 16.7. The van der Waals surface area contributed by atoms with Crippen molar-refractivity contribution in [2.75, 3.05) is 18.5 Å². The fraction of sp³-hybridized carbons (Fsp3) is 0.350. The summed E-state index contributed by atoms with van der Waals surface area (Å²) in [6.07, 6.45) is 5.49. The maximum atomic E-state index is 12.6. The number of nitrogens with zero attached hydrogens (tertiary/aromatic N) is 2. The van der Waals surface area contributed by atoms with Gasteiger partial charge in [-0.2, -0.15) is 0 Å². The largest absolute Gasteiger partial charge is 0.368 e. The average molecular weight is 351 g/mol. The van der Waals surface area contributed by atoms with Crippen LogP contribution >= 0.6 is 0 Å². The Bertz CT molecular complexity index is 816. The maximum Gasteiger partial charge on any atom is 0.255 e. The summed E-state index contributed by atoms with van der Waals surface area (Å²) in [5.74, 6) is -0.0881. The highest BCUT2D eigenvalue weighted by atomic mass is 16.5. The van der Waals surface area contributed by atoms with E-state index in [0.717, 1.165) is 30.5 Å². The topological polar surface area (TPSA) is 71.5 Å². The van der Waals surface area contributed by atoms with Crippen LogP contribution in [0, 0.1) is 0 Å². The molecule has 2 aliphatic rings. The second-order valence-corrected chi connectivity index (χ2v) is 6.68. The molecule has 3 heterocycles. The number of aromatic nitrogens is 1. The number of amides is 2. The van der Waals surface area contributed by atoms with Crippen LogP contribution in [0.5, 0.6) is 0 Å². The number of fused-ring (bicyclic) bond motifs is 1. The van der Waals surface area contributed by atoms with Crippen LogP contribution in [0.15, 0.2) is 42.7 Å². The molecule has 0 unspecified atom stereocenters. The summed E-state index contributed by atoms with van der Waals surface area (Å²) in [5, 5.41) is 2.91. The van der Waals surface area contributed by atoms with Crippen LogP contribution in [0.4, 0.5) is 5.69 Å². The molecule has 1 saturated heterocycles. The Morgan fingerprint density at radius 2 is 2.00 bits per heavy atom. The van der Waals surface area contributed by atoms with E-state index >= 15 is 0 Å². The van der Waals surface area contributed by atoms with Crippen molar-refractivity contribution in [3.05, 3.63) is 59.4 Å². The van der Waals surface area contributed by atoms with E-state index in [0.29, 0.717) is 25.3 Å². The number of hydrogen-bond donors (Lipinski definition) is 1. The average Bonchev–Trinajstić information content (AvgIpc) is 3.22. The minimum atomic E-state index is -0.286. The van der Waals surface area contributed by atoms with Gasteiger partial charge in [0, 0.05) is 43.3 Å². The molecule has 26 heavy (non-hydrogen) atoms. The van der Waals surface area contributed by atoms with Crippen LogP contribution < -0.4 is 5.32 Å². The van der Waals surface area contributed by atoms with E-state index in [1.807, 2.05) is 23.1 Å². The van der Waals surface area contributed by atoms with Crippen molar-refractivity contribution in [3.63, 3.8) is 0 Å². The standard InChI is InChI=1S/C20H21N3O3/c24-19(15-5-8-21-9-6-15)22-17-4-3-14-7-10-23(13-16(14)12-17)20(25)18-2-1-11-26-18/h3-6,8-9,12,18H,1-2,7,10-11,13H2,(H,22,24)/t18-/m0/s1. The number of carbonyl (C=O) groups is 2. The van der Waals surface area contributed by atoms with Crippen molar-refractivity contribution in [1.82, 2.24) is 9.88 Å². The highest BCUT2D eigenvalue weighted by molar-refractivity contribution is 6.04. The Balaban J connectivity index is 1.47. The van der Waals surface area contributed by atoms with E-state index in [1.54, 1.807) is 24.5 Å². The van der Waals surface area contributed by atoms with Crippen molar-refractivity contribution in [3.8, 4) is 0 Å². The fourth-order valence-corrected chi connectivity index (χ4v) is 3.51. The zero-order chi connectivity index (χ0) is 17.9. The number of anilines is 1. The fourth-order valence-electron chi connectivity index (χ4n) is 3.51. The Morgan fingerprint density at radius 1 is 1.15 bits per heavy atom. The third-order valence-electron chi connectivity index (χ3n) is 4.94. The van der Waals surface area contributed by atoms with Gasteiger partial charge in [0.05, 0.1) is 0 Å². The quantitative estimate of drug-likeness (QED) is 0.922. The van der Waals surface area contributed by atoms with Gasteiger partial charge >= 0.3 is 0 Å². The third kappa shape index (κ3) is 3.46. The number of benzene rings is 1. The van der Waals surface area contributed by atoms with E-state index in [1.165, 1.54) is 5.56 Å². The molecule has 0 bridgehead atoms. The van der Waals surface area contributed by atoms with Crippen LogP contribution in [0.2, 0.25) is 0 Å². The van der Waals surface area contributed by atoms with Crippen molar-refractivity contribution in [2.45, 2.75) is 31.9 Å². The molecule has 1 atom stereocenters. The molecule has 4 rings (SSSR count). The maximum absolute atomic E-state index is 12.6. The molecule has 2 amide bonds. The number of nitrogens with one attached hydrogen (secondary N) is 1. The zero-order valence-corrected chi connectivity index (χ0v) is 14.5. The van der Waals surface area contributed by atoms with Crippen LogP contribution in [0.1, 0.15) is 34.3 Å². The molecule has 134 valence electrons. The summed E-state index contributed by atoms with van der Waals surface area (Å²) in [6, 6.07) is 9.26. The van der Waals surface area contributed by atoms with E-state index in [4.69, 9.17) is 4.74 Å². The highest BCUT2D eigenvalue weighted by Crippen LogP contribution is 2.25. The van der Waals surface area contributed by atoms with Crippen molar-refractivity contribution >= 4 is 17.5 Å². The predicted molar refractivity (Wildman–Crippen MR) is 96.7 cm³/mol. The Morgan fingerprint density at radius 3 is 2.77 bits per heavy atom. The molecule has 0 aliphatic carbocycles. The van der Waals surface area contributed by atoms with Gasteiger partial charge in [0.2, 0.25) is 0 Å². The lowest BCUT2D eigenvalue weighted by molar-refractivity contribution is -0.141. The van der Waals surface area contributed by atoms with Crippen molar-refractivity contribution in [1.29, 1.82) is 0 Å². The van der Waals surface area contributed by atoms with Crippen molar-refractivity contribution in [2.24, 2.45) is 0 Å². The molecular weight excluding hydrogens is 330 g/mol. The summed E-state index contributed by atoms with van der Waals surface area (Å²) in [5.41, 5.74) is 3.60.